The maximum atomic E-state index is 13.1. The summed E-state index contributed by atoms with van der Waals surface area (Å²) in [4.78, 5) is 37.7. The van der Waals surface area contributed by atoms with E-state index in [9.17, 15) is 18.8 Å². The second kappa shape index (κ2) is 7.39. The molecule has 7 nitrogen and oxygen atoms in total. The van der Waals surface area contributed by atoms with E-state index in [4.69, 9.17) is 4.74 Å². The van der Waals surface area contributed by atoms with Crippen LogP contribution in [0.2, 0.25) is 0 Å². The molecule has 0 radical (unpaired) electrons. The summed E-state index contributed by atoms with van der Waals surface area (Å²) in [5, 5.41) is 5.19. The van der Waals surface area contributed by atoms with Gasteiger partial charge < -0.3 is 15.4 Å². The van der Waals surface area contributed by atoms with Crippen molar-refractivity contribution in [3.05, 3.63) is 35.6 Å². The maximum Gasteiger partial charge on any atom is 0.325 e. The number of carbonyl (C=O) groups excluding carboxylic acids is 3. The predicted molar refractivity (Wildman–Crippen MR) is 83.5 cm³/mol. The summed E-state index contributed by atoms with van der Waals surface area (Å²) in [6, 6.07) is 4.73. The number of halogens is 1. The molecule has 2 rings (SSSR count). The Bertz CT molecular complexity index is 635. The summed E-state index contributed by atoms with van der Waals surface area (Å²) in [7, 11) is 1.50. The van der Waals surface area contributed by atoms with Crippen LogP contribution in [-0.4, -0.2) is 49.6 Å². The molecule has 130 valence electrons. The van der Waals surface area contributed by atoms with Crippen molar-refractivity contribution in [2.45, 2.75) is 18.9 Å². The Labute approximate surface area is 139 Å². The van der Waals surface area contributed by atoms with Crippen LogP contribution < -0.4 is 10.6 Å². The van der Waals surface area contributed by atoms with E-state index in [1.54, 1.807) is 6.92 Å². The first-order valence-corrected chi connectivity index (χ1v) is 7.60. The van der Waals surface area contributed by atoms with Gasteiger partial charge in [-0.05, 0) is 24.1 Å². The lowest BCUT2D eigenvalue weighted by Gasteiger charge is -2.25. The van der Waals surface area contributed by atoms with Gasteiger partial charge in [0.1, 0.15) is 17.9 Å². The highest BCUT2D eigenvalue weighted by Gasteiger charge is 2.51. The lowest BCUT2D eigenvalue weighted by molar-refractivity contribution is -0.135. The summed E-state index contributed by atoms with van der Waals surface area (Å²) in [6.07, 6.45) is 0.283. The van der Waals surface area contributed by atoms with E-state index >= 15 is 0 Å². The van der Waals surface area contributed by atoms with Gasteiger partial charge >= 0.3 is 6.03 Å². The highest BCUT2D eigenvalue weighted by molar-refractivity contribution is 6.09. The molecule has 0 unspecified atom stereocenters. The van der Waals surface area contributed by atoms with Crippen LogP contribution in [0.15, 0.2) is 24.3 Å². The van der Waals surface area contributed by atoms with Gasteiger partial charge in [-0.2, -0.15) is 0 Å². The van der Waals surface area contributed by atoms with E-state index in [1.807, 2.05) is 0 Å². The molecule has 1 aromatic rings. The predicted octanol–water partition coefficient (Wildman–Crippen LogP) is 0.745. The fourth-order valence-electron chi connectivity index (χ4n) is 2.64. The Morgan fingerprint density at radius 1 is 1.33 bits per heavy atom. The van der Waals surface area contributed by atoms with Crippen LogP contribution in [0.25, 0.3) is 0 Å². The number of hydrogen-bond donors (Lipinski definition) is 2. The van der Waals surface area contributed by atoms with Gasteiger partial charge in [-0.3, -0.25) is 14.5 Å². The summed E-state index contributed by atoms with van der Waals surface area (Å²) in [5.41, 5.74) is -0.801. The quantitative estimate of drug-likeness (QED) is 0.568. The largest absolute Gasteiger partial charge is 0.383 e. The number of methoxy groups -OCH3 is 1. The first kappa shape index (κ1) is 17.9. The van der Waals surface area contributed by atoms with Gasteiger partial charge in [0, 0.05) is 13.7 Å². The van der Waals surface area contributed by atoms with Crippen LogP contribution in [0.1, 0.15) is 18.9 Å². The molecule has 2 N–H and O–H groups in total. The lowest BCUT2D eigenvalue weighted by Crippen LogP contribution is -2.45. The second-order valence-electron chi connectivity index (χ2n) is 5.43. The first-order chi connectivity index (χ1) is 11.4. The summed E-state index contributed by atoms with van der Waals surface area (Å²) in [6.45, 7) is 1.98. The molecule has 1 heterocycles. The lowest BCUT2D eigenvalue weighted by atomic mass is 9.87. The average molecular weight is 337 g/mol. The van der Waals surface area contributed by atoms with Crippen LogP contribution in [0.5, 0.6) is 0 Å². The third kappa shape index (κ3) is 3.38. The van der Waals surface area contributed by atoms with Gasteiger partial charge in [-0.15, -0.1) is 0 Å². The minimum absolute atomic E-state index is 0.283. The molecule has 4 amide bonds. The van der Waals surface area contributed by atoms with Gasteiger partial charge in [-0.25, -0.2) is 9.18 Å². The molecule has 8 heteroatoms. The summed E-state index contributed by atoms with van der Waals surface area (Å²) in [5.74, 6) is -1.42. The van der Waals surface area contributed by atoms with Crippen molar-refractivity contribution in [1.29, 1.82) is 0 Å². The molecule has 0 aliphatic carbocycles. The van der Waals surface area contributed by atoms with E-state index in [-0.39, 0.29) is 19.5 Å². The summed E-state index contributed by atoms with van der Waals surface area (Å²) < 4.78 is 17.9. The Hall–Kier alpha value is -2.48. The van der Waals surface area contributed by atoms with Crippen LogP contribution in [-0.2, 0) is 19.9 Å². The molecule has 1 aliphatic rings. The minimum Gasteiger partial charge on any atom is -0.383 e. The number of amides is 4. The van der Waals surface area contributed by atoms with Crippen molar-refractivity contribution in [3.63, 3.8) is 0 Å². The van der Waals surface area contributed by atoms with Crippen molar-refractivity contribution in [3.8, 4) is 0 Å². The molecule has 0 bridgehead atoms. The number of nitrogens with zero attached hydrogens (tertiary/aromatic N) is 1. The van der Waals surface area contributed by atoms with E-state index in [0.29, 0.717) is 12.2 Å². The van der Waals surface area contributed by atoms with E-state index in [2.05, 4.69) is 10.6 Å². The van der Waals surface area contributed by atoms with E-state index < -0.39 is 29.2 Å². The molecule has 1 aliphatic heterocycles. The third-order valence-electron chi connectivity index (χ3n) is 3.97. The van der Waals surface area contributed by atoms with Crippen molar-refractivity contribution in [2.75, 3.05) is 26.8 Å². The number of ether oxygens (including phenoxy) is 1. The van der Waals surface area contributed by atoms with Crippen molar-refractivity contribution >= 4 is 17.8 Å². The third-order valence-corrected chi connectivity index (χ3v) is 3.97. The van der Waals surface area contributed by atoms with Crippen molar-refractivity contribution < 1.29 is 23.5 Å². The van der Waals surface area contributed by atoms with E-state index in [0.717, 1.165) is 4.90 Å². The first-order valence-electron chi connectivity index (χ1n) is 7.60. The van der Waals surface area contributed by atoms with Gasteiger partial charge in [0.05, 0.1) is 6.61 Å². The van der Waals surface area contributed by atoms with Crippen molar-refractivity contribution in [1.82, 2.24) is 15.5 Å². The van der Waals surface area contributed by atoms with Gasteiger partial charge in [-0.1, -0.05) is 19.1 Å². The van der Waals surface area contributed by atoms with Gasteiger partial charge in [0.25, 0.3) is 5.91 Å². The standard InChI is InChI=1S/C16H20FN3O4/c1-3-16(11-4-6-12(17)7-5-11)14(22)20(15(23)19-16)10-13(21)18-8-9-24-2/h4-7H,3,8-10H2,1-2H3,(H,18,21)(H,19,23)/t16-/m0/s1. The molecule has 1 saturated heterocycles. The maximum absolute atomic E-state index is 13.1. The smallest absolute Gasteiger partial charge is 0.325 e. The number of nitrogens with one attached hydrogen (secondary N) is 2. The second-order valence-corrected chi connectivity index (χ2v) is 5.43. The van der Waals surface area contributed by atoms with Crippen LogP contribution in [0, 0.1) is 5.82 Å². The Morgan fingerprint density at radius 2 is 2.00 bits per heavy atom. The molecule has 1 aromatic carbocycles. The van der Waals surface area contributed by atoms with Crippen LogP contribution in [0.4, 0.5) is 9.18 Å². The number of rotatable bonds is 7. The fraction of sp³-hybridized carbons (Fsp3) is 0.438. The Balaban J connectivity index is 2.16. The zero-order chi connectivity index (χ0) is 17.7. The molecule has 0 spiro atoms. The van der Waals surface area contributed by atoms with Gasteiger partial charge in [0.2, 0.25) is 5.91 Å². The molecular formula is C16H20FN3O4. The Morgan fingerprint density at radius 3 is 2.58 bits per heavy atom. The molecular weight excluding hydrogens is 317 g/mol. The topological polar surface area (TPSA) is 87.7 Å². The average Bonchev–Trinajstić information content (AvgIpc) is 2.81. The zero-order valence-corrected chi connectivity index (χ0v) is 13.6. The van der Waals surface area contributed by atoms with E-state index in [1.165, 1.54) is 31.4 Å². The zero-order valence-electron chi connectivity index (χ0n) is 13.6. The SMILES string of the molecule is CC[C@@]1(c2ccc(F)cc2)NC(=O)N(CC(=O)NCCOC)C1=O. The molecule has 1 atom stereocenters. The summed E-state index contributed by atoms with van der Waals surface area (Å²) >= 11 is 0. The molecule has 0 aromatic heterocycles. The molecule has 24 heavy (non-hydrogen) atoms. The molecule has 1 fully saturated rings. The van der Waals surface area contributed by atoms with Crippen LogP contribution >= 0.6 is 0 Å². The highest BCUT2D eigenvalue weighted by atomic mass is 19.1. The number of urea groups is 1. The monoisotopic (exact) mass is 337 g/mol. The van der Waals surface area contributed by atoms with Crippen molar-refractivity contribution in [2.24, 2.45) is 0 Å². The Kier molecular flexibility index (Phi) is 5.50. The van der Waals surface area contributed by atoms with Crippen LogP contribution in [0.3, 0.4) is 0 Å². The fourth-order valence-corrected chi connectivity index (χ4v) is 2.64. The number of imide groups is 1. The minimum atomic E-state index is -1.28. The normalized spacial score (nSPS) is 20.2. The number of carbonyl (C=O) groups is 3. The number of benzene rings is 1. The highest BCUT2D eigenvalue weighted by Crippen LogP contribution is 2.32. The molecule has 0 saturated carbocycles. The van der Waals surface area contributed by atoms with Gasteiger partial charge in [0.15, 0.2) is 0 Å². The number of hydrogen-bond acceptors (Lipinski definition) is 4.